The van der Waals surface area contributed by atoms with Crippen LogP contribution >= 0.6 is 0 Å². The highest BCUT2D eigenvalue weighted by molar-refractivity contribution is 5.93. The number of hydrogen-bond acceptors (Lipinski definition) is 11. The van der Waals surface area contributed by atoms with Crippen LogP contribution in [-0.4, -0.2) is 72.9 Å². The number of anilines is 1. The van der Waals surface area contributed by atoms with Gasteiger partial charge in [-0.05, 0) is 16.4 Å². The lowest BCUT2D eigenvalue weighted by Gasteiger charge is -2.29. The molecule has 12 heteroatoms. The van der Waals surface area contributed by atoms with Gasteiger partial charge in [0.15, 0.2) is 11.8 Å². The number of nitrogens with one attached hydrogen (secondary N) is 1. The second kappa shape index (κ2) is 7.27. The number of aliphatic hydroxyl groups is 4. The van der Waals surface area contributed by atoms with Crippen LogP contribution in [0.2, 0.25) is 0 Å². The number of nitro groups is 1. The van der Waals surface area contributed by atoms with E-state index in [0.717, 1.165) is 6.07 Å². The summed E-state index contributed by atoms with van der Waals surface area (Å²) in [5.74, 6) is 0. The summed E-state index contributed by atoms with van der Waals surface area (Å²) >= 11 is 0. The molecule has 0 unspecified atom stereocenters. The van der Waals surface area contributed by atoms with Gasteiger partial charge in [-0.2, -0.15) is 0 Å². The minimum atomic E-state index is -1.83. The van der Waals surface area contributed by atoms with E-state index in [4.69, 9.17) is 5.11 Å². The van der Waals surface area contributed by atoms with Crippen molar-refractivity contribution >= 4 is 28.7 Å². The Kier molecular flexibility index (Phi) is 5.35. The first kappa shape index (κ1) is 17.7. The fraction of sp³-hybridized carbons (Fsp3) is 0.417. The number of non-ortho nitro benzene ring substituents is 1. The number of carbonyl (C=O) groups excluding carboxylic acids is 1. The molecule has 0 fully saturated rings. The Morgan fingerprint density at radius 2 is 1.96 bits per heavy atom. The highest BCUT2D eigenvalue weighted by Gasteiger charge is 2.33. The minimum absolute atomic E-state index is 0.0620. The number of hydrogen-bond donors (Lipinski definition) is 5. The molecule has 130 valence electrons. The summed E-state index contributed by atoms with van der Waals surface area (Å²) in [6.07, 6.45) is -5.09. The maximum atomic E-state index is 10.9. The molecule has 0 amide bonds. The predicted molar refractivity (Wildman–Crippen MR) is 77.0 cm³/mol. The smallest absolute Gasteiger partial charge is 0.300 e. The van der Waals surface area contributed by atoms with Gasteiger partial charge in [-0.25, -0.2) is 4.63 Å². The molecule has 0 bridgehead atoms. The first-order valence-corrected chi connectivity index (χ1v) is 6.67. The van der Waals surface area contributed by atoms with Crippen LogP contribution in [0.1, 0.15) is 0 Å². The van der Waals surface area contributed by atoms with Crippen molar-refractivity contribution in [1.82, 2.24) is 10.3 Å². The second-order valence-electron chi connectivity index (χ2n) is 4.89. The van der Waals surface area contributed by atoms with Gasteiger partial charge >= 0.3 is 5.69 Å². The Hall–Kier alpha value is -2.67. The quantitative estimate of drug-likeness (QED) is 0.206. The van der Waals surface area contributed by atoms with Gasteiger partial charge in [0.05, 0.1) is 29.4 Å². The highest BCUT2D eigenvalue weighted by Crippen LogP contribution is 2.29. The summed E-state index contributed by atoms with van der Waals surface area (Å²) < 4.78 is 4.47. The lowest BCUT2D eigenvalue weighted by atomic mass is 10.00. The lowest BCUT2D eigenvalue weighted by Crippen LogP contribution is -2.51. The largest absolute Gasteiger partial charge is 0.394 e. The average molecular weight is 342 g/mol. The van der Waals surface area contributed by atoms with Crippen molar-refractivity contribution < 1.29 is 34.8 Å². The van der Waals surface area contributed by atoms with Gasteiger partial charge in [-0.1, -0.05) is 0 Å². The first-order chi connectivity index (χ1) is 11.4. The van der Waals surface area contributed by atoms with E-state index in [1.807, 2.05) is 0 Å². The molecule has 0 aliphatic carbocycles. The van der Waals surface area contributed by atoms with Crippen molar-refractivity contribution in [2.45, 2.75) is 24.4 Å². The number of rotatable bonds is 8. The molecular weight excluding hydrogens is 328 g/mol. The summed E-state index contributed by atoms with van der Waals surface area (Å²) in [5.41, 5.74) is -0.532. The summed E-state index contributed by atoms with van der Waals surface area (Å²) in [5, 5.41) is 58.6. The van der Waals surface area contributed by atoms with Crippen LogP contribution in [0.25, 0.3) is 11.0 Å². The number of fused-ring (bicyclic) bond motifs is 1. The van der Waals surface area contributed by atoms with Crippen molar-refractivity contribution in [3.8, 4) is 0 Å². The zero-order chi connectivity index (χ0) is 17.9. The van der Waals surface area contributed by atoms with Crippen LogP contribution in [0.15, 0.2) is 16.8 Å². The normalized spacial score (nSPS) is 16.3. The molecule has 0 spiro atoms. The maximum absolute atomic E-state index is 10.9. The van der Waals surface area contributed by atoms with Crippen molar-refractivity contribution in [3.05, 3.63) is 22.2 Å². The fourth-order valence-corrected chi connectivity index (χ4v) is 2.11. The van der Waals surface area contributed by atoms with E-state index >= 15 is 0 Å². The number of nitrogens with zero attached hydrogens (tertiary/aromatic N) is 3. The SMILES string of the molecule is O=C[C@@H](O)[C@H](O)[C@@H](Nc1ccc([N+](=O)[O-])c2nonc12)[C@@H](O)CO. The van der Waals surface area contributed by atoms with Gasteiger partial charge in [-0.3, -0.25) is 10.1 Å². The van der Waals surface area contributed by atoms with Gasteiger partial charge in [0, 0.05) is 6.07 Å². The van der Waals surface area contributed by atoms with Gasteiger partial charge < -0.3 is 30.5 Å². The molecule has 0 saturated heterocycles. The van der Waals surface area contributed by atoms with Gasteiger partial charge in [0.2, 0.25) is 5.52 Å². The Labute approximate surface area is 133 Å². The van der Waals surface area contributed by atoms with E-state index in [9.17, 15) is 30.2 Å². The van der Waals surface area contributed by atoms with Crippen molar-refractivity contribution in [3.63, 3.8) is 0 Å². The van der Waals surface area contributed by atoms with Crippen molar-refractivity contribution in [2.24, 2.45) is 0 Å². The van der Waals surface area contributed by atoms with Crippen LogP contribution in [0.5, 0.6) is 0 Å². The van der Waals surface area contributed by atoms with Crippen molar-refractivity contribution in [2.75, 3.05) is 11.9 Å². The molecule has 1 aromatic heterocycles. The van der Waals surface area contributed by atoms with Gasteiger partial charge in [0.1, 0.15) is 12.2 Å². The molecule has 12 nitrogen and oxygen atoms in total. The number of nitro benzene ring substituents is 1. The Morgan fingerprint density at radius 3 is 2.54 bits per heavy atom. The summed E-state index contributed by atoms with van der Waals surface area (Å²) in [6.45, 7) is -0.784. The van der Waals surface area contributed by atoms with Crippen LogP contribution < -0.4 is 5.32 Å². The molecule has 5 N–H and O–H groups in total. The molecule has 1 heterocycles. The summed E-state index contributed by atoms with van der Waals surface area (Å²) in [4.78, 5) is 20.8. The topological polar surface area (TPSA) is 192 Å². The lowest BCUT2D eigenvalue weighted by molar-refractivity contribution is -0.383. The third kappa shape index (κ3) is 3.30. The molecule has 24 heavy (non-hydrogen) atoms. The highest BCUT2D eigenvalue weighted by atomic mass is 16.6. The third-order valence-electron chi connectivity index (χ3n) is 3.37. The monoisotopic (exact) mass is 342 g/mol. The molecule has 2 rings (SSSR count). The number of benzene rings is 1. The van der Waals surface area contributed by atoms with E-state index in [0.29, 0.717) is 0 Å². The molecule has 2 aromatic rings. The first-order valence-electron chi connectivity index (χ1n) is 6.67. The van der Waals surface area contributed by atoms with E-state index < -0.39 is 35.9 Å². The Balaban J connectivity index is 2.41. The standard InChI is InChI=1S/C12H14N4O8/c17-3-7(19)11(12(21)8(20)4-18)13-5-1-2-6(16(22)23)10-9(5)14-24-15-10/h1-2,4,7-8,11-13,17,19-21H,3H2/t7-,8+,11-,12-/m0/s1. The maximum Gasteiger partial charge on any atom is 0.300 e. The molecule has 0 radical (unpaired) electrons. The Bertz CT molecular complexity index is 735. The molecule has 1 aromatic carbocycles. The van der Waals surface area contributed by atoms with E-state index in [-0.39, 0.29) is 28.7 Å². The molecule has 0 saturated carbocycles. The number of carbonyl (C=O) groups is 1. The van der Waals surface area contributed by atoms with Gasteiger partial charge in [-0.15, -0.1) is 0 Å². The summed E-state index contributed by atoms with van der Waals surface area (Å²) in [6, 6.07) is 0.943. The van der Waals surface area contributed by atoms with Crippen LogP contribution in [0.4, 0.5) is 11.4 Å². The van der Waals surface area contributed by atoms with Gasteiger partial charge in [0.25, 0.3) is 0 Å². The third-order valence-corrected chi connectivity index (χ3v) is 3.37. The number of aromatic nitrogens is 2. The predicted octanol–water partition coefficient (Wildman–Crippen LogP) is -1.81. The number of aliphatic hydroxyl groups excluding tert-OH is 4. The van der Waals surface area contributed by atoms with Crippen LogP contribution in [-0.2, 0) is 4.79 Å². The second-order valence-corrected chi connectivity index (χ2v) is 4.89. The zero-order valence-electron chi connectivity index (χ0n) is 12.0. The summed E-state index contributed by atoms with van der Waals surface area (Å²) in [7, 11) is 0. The fourth-order valence-electron chi connectivity index (χ4n) is 2.11. The van der Waals surface area contributed by atoms with Crippen LogP contribution in [0, 0.1) is 10.1 Å². The molecule has 0 aliphatic rings. The molecule has 4 atom stereocenters. The zero-order valence-corrected chi connectivity index (χ0v) is 12.0. The Morgan fingerprint density at radius 1 is 1.29 bits per heavy atom. The number of aldehydes is 1. The van der Waals surface area contributed by atoms with E-state index in [1.165, 1.54) is 6.07 Å². The van der Waals surface area contributed by atoms with E-state index in [2.05, 4.69) is 20.3 Å². The molecular formula is C12H14N4O8. The molecule has 0 aliphatic heterocycles. The minimum Gasteiger partial charge on any atom is -0.394 e. The van der Waals surface area contributed by atoms with Crippen LogP contribution in [0.3, 0.4) is 0 Å². The average Bonchev–Trinajstić information content (AvgIpc) is 3.07. The van der Waals surface area contributed by atoms with Crippen molar-refractivity contribution in [1.29, 1.82) is 0 Å². The van der Waals surface area contributed by atoms with E-state index in [1.54, 1.807) is 0 Å².